The van der Waals surface area contributed by atoms with E-state index >= 15 is 0 Å². The molecule has 0 radical (unpaired) electrons. The number of rotatable bonds is 4. The third kappa shape index (κ3) is 4.13. The quantitative estimate of drug-likeness (QED) is 0.636. The molecule has 2 unspecified atom stereocenters. The van der Waals surface area contributed by atoms with E-state index in [1.807, 2.05) is 33.1 Å². The van der Waals surface area contributed by atoms with Crippen LogP contribution in [0, 0.1) is 13.8 Å². The second-order valence-corrected chi connectivity index (χ2v) is 9.66. The van der Waals surface area contributed by atoms with E-state index in [2.05, 4.69) is 20.3 Å². The predicted octanol–water partition coefficient (Wildman–Crippen LogP) is 4.60. The first-order valence-electron chi connectivity index (χ1n) is 9.79. The van der Waals surface area contributed by atoms with Gasteiger partial charge in [0.25, 0.3) is 5.91 Å². The number of amides is 1. The Morgan fingerprint density at radius 2 is 1.90 bits per heavy atom. The van der Waals surface area contributed by atoms with Crippen LogP contribution in [0.1, 0.15) is 47.7 Å². The van der Waals surface area contributed by atoms with Gasteiger partial charge in [-0.3, -0.25) is 9.59 Å². The molecule has 1 aliphatic rings. The van der Waals surface area contributed by atoms with Gasteiger partial charge in [-0.25, -0.2) is 15.0 Å². The van der Waals surface area contributed by atoms with Crippen LogP contribution in [0.25, 0.3) is 10.6 Å². The fourth-order valence-electron chi connectivity index (χ4n) is 3.83. The molecule has 2 atom stereocenters. The Hall–Kier alpha value is -2.65. The first-order chi connectivity index (χ1) is 14.3. The van der Waals surface area contributed by atoms with Crippen molar-refractivity contribution in [1.82, 2.24) is 19.9 Å². The highest BCUT2D eigenvalue weighted by Gasteiger charge is 2.33. The molecule has 3 aromatic heterocycles. The molecule has 1 aliphatic heterocycles. The molecule has 30 heavy (non-hydrogen) atoms. The summed E-state index contributed by atoms with van der Waals surface area (Å²) in [7, 11) is 0. The molecular weight excluding hydrogens is 418 g/mol. The van der Waals surface area contributed by atoms with E-state index < -0.39 is 0 Å². The molecule has 0 aliphatic carbocycles. The molecule has 4 rings (SSSR count). The molecule has 7 nitrogen and oxygen atoms in total. The van der Waals surface area contributed by atoms with Crippen LogP contribution in [0.4, 0.5) is 10.9 Å². The average molecular weight is 442 g/mol. The summed E-state index contributed by atoms with van der Waals surface area (Å²) in [6, 6.07) is 3.35. The molecule has 4 heterocycles. The van der Waals surface area contributed by atoms with Crippen LogP contribution in [-0.2, 0) is 4.79 Å². The smallest absolute Gasteiger partial charge is 0.255 e. The van der Waals surface area contributed by atoms with Crippen LogP contribution >= 0.6 is 22.7 Å². The fourth-order valence-corrected chi connectivity index (χ4v) is 5.49. The van der Waals surface area contributed by atoms with Gasteiger partial charge in [-0.2, -0.15) is 0 Å². The van der Waals surface area contributed by atoms with Crippen molar-refractivity contribution >= 4 is 45.3 Å². The van der Waals surface area contributed by atoms with Crippen molar-refractivity contribution < 1.29 is 9.59 Å². The Labute approximate surface area is 183 Å². The van der Waals surface area contributed by atoms with E-state index in [-0.39, 0.29) is 23.8 Å². The number of hydrogen-bond donors (Lipinski definition) is 1. The second-order valence-electron chi connectivity index (χ2n) is 7.60. The third-order valence-electron chi connectivity index (χ3n) is 5.12. The van der Waals surface area contributed by atoms with Crippen molar-refractivity contribution in [3.8, 4) is 10.6 Å². The molecule has 1 amide bonds. The zero-order valence-electron chi connectivity index (χ0n) is 17.3. The van der Waals surface area contributed by atoms with Gasteiger partial charge in [0.05, 0.1) is 26.8 Å². The molecule has 0 bridgehead atoms. The number of anilines is 2. The summed E-state index contributed by atoms with van der Waals surface area (Å²) in [6.45, 7) is 7.81. The highest BCUT2D eigenvalue weighted by atomic mass is 32.1. The highest BCUT2D eigenvalue weighted by molar-refractivity contribution is 7.16. The number of piperidine rings is 1. The number of hydrogen-bond acceptors (Lipinski definition) is 8. The zero-order chi connectivity index (χ0) is 21.4. The van der Waals surface area contributed by atoms with Gasteiger partial charge in [-0.1, -0.05) is 0 Å². The summed E-state index contributed by atoms with van der Waals surface area (Å²) >= 11 is 3.13. The molecule has 1 N–H and O–H groups in total. The predicted molar refractivity (Wildman–Crippen MR) is 120 cm³/mol. The summed E-state index contributed by atoms with van der Waals surface area (Å²) in [4.78, 5) is 41.0. The number of nitrogens with zero attached hydrogens (tertiary/aromatic N) is 4. The van der Waals surface area contributed by atoms with E-state index in [0.717, 1.165) is 26.4 Å². The summed E-state index contributed by atoms with van der Waals surface area (Å²) < 4.78 is 0. The van der Waals surface area contributed by atoms with Gasteiger partial charge in [0, 0.05) is 36.5 Å². The number of thiazole rings is 2. The minimum atomic E-state index is -0.0980. The number of pyridine rings is 1. The molecule has 0 spiro atoms. The van der Waals surface area contributed by atoms with Gasteiger partial charge in [0.2, 0.25) is 0 Å². The number of Topliss-reactive ketones (excluding diaryl/α,β-unsaturated/α-hetero) is 1. The lowest BCUT2D eigenvalue weighted by molar-refractivity contribution is -0.123. The molecule has 1 fully saturated rings. The number of nitrogens with one attached hydrogen (secondary N) is 1. The number of aryl methyl sites for hydroxylation is 2. The second kappa shape index (κ2) is 8.23. The fraction of sp³-hybridized carbons (Fsp3) is 0.381. The van der Waals surface area contributed by atoms with E-state index in [1.54, 1.807) is 34.6 Å². The van der Waals surface area contributed by atoms with Crippen LogP contribution in [0.5, 0.6) is 0 Å². The van der Waals surface area contributed by atoms with Gasteiger partial charge >= 0.3 is 0 Å². The van der Waals surface area contributed by atoms with Crippen LogP contribution in [-0.4, -0.2) is 43.6 Å². The maximum absolute atomic E-state index is 12.9. The number of carbonyl (C=O) groups excluding carboxylic acids is 2. The summed E-state index contributed by atoms with van der Waals surface area (Å²) in [6.07, 6.45) is 2.40. The monoisotopic (exact) mass is 441 g/mol. The Morgan fingerprint density at radius 1 is 1.17 bits per heavy atom. The number of aromatic nitrogens is 3. The topological polar surface area (TPSA) is 88.1 Å². The lowest BCUT2D eigenvalue weighted by Gasteiger charge is -2.38. The highest BCUT2D eigenvalue weighted by Crippen LogP contribution is 2.32. The van der Waals surface area contributed by atoms with E-state index in [9.17, 15) is 9.59 Å². The van der Waals surface area contributed by atoms with Crippen LogP contribution < -0.4 is 5.32 Å². The molecule has 1 saturated heterocycles. The van der Waals surface area contributed by atoms with Crippen LogP contribution in [0.15, 0.2) is 23.7 Å². The van der Waals surface area contributed by atoms with Crippen LogP contribution in [0.2, 0.25) is 0 Å². The zero-order valence-corrected chi connectivity index (χ0v) is 18.9. The molecule has 0 aromatic carbocycles. The molecule has 3 aromatic rings. The Balaban J connectivity index is 1.46. The normalized spacial score (nSPS) is 19.2. The van der Waals surface area contributed by atoms with Gasteiger partial charge in [-0.05, 0) is 39.8 Å². The third-order valence-corrected chi connectivity index (χ3v) is 6.97. The van der Waals surface area contributed by atoms with Crippen molar-refractivity contribution in [2.24, 2.45) is 0 Å². The Kier molecular flexibility index (Phi) is 5.66. The molecule has 156 valence electrons. The van der Waals surface area contributed by atoms with E-state index in [1.165, 1.54) is 11.3 Å². The number of carbonyl (C=O) groups is 2. The molecule has 9 heteroatoms. The lowest BCUT2D eigenvalue weighted by atomic mass is 9.95. The van der Waals surface area contributed by atoms with Crippen molar-refractivity contribution in [2.45, 2.75) is 52.6 Å². The van der Waals surface area contributed by atoms with Crippen molar-refractivity contribution in [3.05, 3.63) is 40.0 Å². The number of ketones is 1. The van der Waals surface area contributed by atoms with Gasteiger partial charge in [-0.15, -0.1) is 22.7 Å². The van der Waals surface area contributed by atoms with Crippen molar-refractivity contribution in [1.29, 1.82) is 0 Å². The average Bonchev–Trinajstić information content (AvgIpc) is 3.27. The van der Waals surface area contributed by atoms with Gasteiger partial charge in [0.1, 0.15) is 11.6 Å². The summed E-state index contributed by atoms with van der Waals surface area (Å²) in [5, 5.41) is 6.96. The first-order valence-corrected chi connectivity index (χ1v) is 11.5. The van der Waals surface area contributed by atoms with Gasteiger partial charge in [0.15, 0.2) is 5.13 Å². The van der Waals surface area contributed by atoms with Crippen LogP contribution in [0.3, 0.4) is 0 Å². The standard InChI is InChI=1S/C21H23N5O2S2/c1-11-7-16(27)8-12(2)26(11)20(28)15-5-6-18(22-9-15)25-21-24-17(10-29-21)19-13(3)23-14(4)30-19/h5-6,9-12H,7-8H2,1-4H3,(H,22,24,25). The van der Waals surface area contributed by atoms with E-state index in [0.29, 0.717) is 24.2 Å². The van der Waals surface area contributed by atoms with Gasteiger partial charge < -0.3 is 10.2 Å². The SMILES string of the molecule is Cc1nc(C)c(-c2csc(Nc3ccc(C(=O)N4C(C)CC(=O)CC4C)cn3)n2)s1. The minimum absolute atomic E-state index is 0.0888. The largest absolute Gasteiger partial charge is 0.332 e. The maximum Gasteiger partial charge on any atom is 0.255 e. The molecule has 0 saturated carbocycles. The molecular formula is C21H23N5O2S2. The summed E-state index contributed by atoms with van der Waals surface area (Å²) in [5.41, 5.74) is 2.41. The Morgan fingerprint density at radius 3 is 2.50 bits per heavy atom. The Bertz CT molecular complexity index is 1080. The van der Waals surface area contributed by atoms with Crippen molar-refractivity contribution in [3.63, 3.8) is 0 Å². The van der Waals surface area contributed by atoms with E-state index in [4.69, 9.17) is 0 Å². The number of likely N-dealkylation sites (tertiary alicyclic amines) is 1. The first kappa shape index (κ1) is 20.6. The minimum Gasteiger partial charge on any atom is -0.332 e. The van der Waals surface area contributed by atoms with Crippen molar-refractivity contribution in [2.75, 3.05) is 5.32 Å². The maximum atomic E-state index is 12.9. The lowest BCUT2D eigenvalue weighted by Crippen LogP contribution is -2.50. The summed E-state index contributed by atoms with van der Waals surface area (Å²) in [5.74, 6) is 0.747.